The lowest BCUT2D eigenvalue weighted by Crippen LogP contribution is -2.38. The van der Waals surface area contributed by atoms with E-state index in [9.17, 15) is 9.18 Å². The molecule has 17 heavy (non-hydrogen) atoms. The van der Waals surface area contributed by atoms with Gasteiger partial charge in [-0.05, 0) is 48.9 Å². The molecule has 1 aromatic rings. The molecule has 3 nitrogen and oxygen atoms in total. The minimum absolute atomic E-state index is 0.237. The van der Waals surface area contributed by atoms with Gasteiger partial charge in [0.2, 0.25) is 0 Å². The van der Waals surface area contributed by atoms with E-state index in [0.717, 1.165) is 24.0 Å². The maximum atomic E-state index is 13.1. The van der Waals surface area contributed by atoms with Crippen molar-refractivity contribution in [2.75, 3.05) is 0 Å². The van der Waals surface area contributed by atoms with Crippen molar-refractivity contribution in [3.8, 4) is 0 Å². The molecule has 0 bridgehead atoms. The molecule has 1 aromatic carbocycles. The van der Waals surface area contributed by atoms with E-state index in [1.54, 1.807) is 6.07 Å². The fourth-order valence-corrected chi connectivity index (χ4v) is 1.94. The normalized spacial score (nSPS) is 16.8. The number of halogens is 1. The molecule has 1 saturated carbocycles. The van der Waals surface area contributed by atoms with Crippen LogP contribution in [-0.4, -0.2) is 17.1 Å². The number of aryl methyl sites for hydroxylation is 1. The predicted molar refractivity (Wildman–Crippen MR) is 62.1 cm³/mol. The van der Waals surface area contributed by atoms with Crippen LogP contribution in [0.3, 0.4) is 0 Å². The van der Waals surface area contributed by atoms with E-state index in [1.807, 2.05) is 6.92 Å². The number of aliphatic carboxylic acids is 1. The molecule has 1 aliphatic rings. The number of carboxylic acid groups (broad SMARTS) is 1. The van der Waals surface area contributed by atoms with Gasteiger partial charge in [0, 0.05) is 6.54 Å². The molecule has 0 radical (unpaired) electrons. The summed E-state index contributed by atoms with van der Waals surface area (Å²) in [4.78, 5) is 11.0. The topological polar surface area (TPSA) is 49.3 Å². The van der Waals surface area contributed by atoms with Crippen LogP contribution >= 0.6 is 0 Å². The number of benzene rings is 1. The first kappa shape index (κ1) is 12.0. The van der Waals surface area contributed by atoms with Crippen LogP contribution in [0.1, 0.15) is 24.0 Å². The van der Waals surface area contributed by atoms with Crippen molar-refractivity contribution in [2.24, 2.45) is 5.92 Å². The molecule has 1 atom stereocenters. The SMILES string of the molecule is Cc1ccc(F)cc1CNC(C(=O)O)C1CC1. The third kappa shape index (κ3) is 3.03. The van der Waals surface area contributed by atoms with Gasteiger partial charge in [0.15, 0.2) is 0 Å². The summed E-state index contributed by atoms with van der Waals surface area (Å²) in [5, 5.41) is 12.0. The summed E-state index contributed by atoms with van der Waals surface area (Å²) < 4.78 is 13.1. The van der Waals surface area contributed by atoms with Gasteiger partial charge in [-0.25, -0.2) is 4.39 Å². The number of hydrogen-bond acceptors (Lipinski definition) is 2. The standard InChI is InChI=1S/C13H16FNO2/c1-8-2-5-11(14)6-10(8)7-15-12(13(16)17)9-3-4-9/h2,5-6,9,12,15H,3-4,7H2,1H3,(H,16,17). The van der Waals surface area contributed by atoms with Crippen molar-refractivity contribution >= 4 is 5.97 Å². The summed E-state index contributed by atoms with van der Waals surface area (Å²) in [5.41, 5.74) is 1.79. The van der Waals surface area contributed by atoms with Crippen LogP contribution in [0.5, 0.6) is 0 Å². The zero-order valence-corrected chi connectivity index (χ0v) is 9.74. The Balaban J connectivity index is 2.00. The van der Waals surface area contributed by atoms with Gasteiger partial charge in [-0.2, -0.15) is 0 Å². The third-order valence-electron chi connectivity index (χ3n) is 3.18. The fraction of sp³-hybridized carbons (Fsp3) is 0.462. The first-order valence-electron chi connectivity index (χ1n) is 5.79. The molecule has 0 spiro atoms. The molecule has 1 fully saturated rings. The second kappa shape index (κ2) is 4.84. The van der Waals surface area contributed by atoms with Crippen LogP contribution in [0.4, 0.5) is 4.39 Å². The van der Waals surface area contributed by atoms with Gasteiger partial charge in [0.1, 0.15) is 11.9 Å². The quantitative estimate of drug-likeness (QED) is 0.824. The van der Waals surface area contributed by atoms with Gasteiger partial charge in [-0.3, -0.25) is 4.79 Å². The minimum Gasteiger partial charge on any atom is -0.480 e. The van der Waals surface area contributed by atoms with E-state index < -0.39 is 12.0 Å². The largest absolute Gasteiger partial charge is 0.480 e. The molecular weight excluding hydrogens is 221 g/mol. The van der Waals surface area contributed by atoms with Crippen LogP contribution in [0.15, 0.2) is 18.2 Å². The smallest absolute Gasteiger partial charge is 0.320 e. The lowest BCUT2D eigenvalue weighted by Gasteiger charge is -2.14. The Kier molecular flexibility index (Phi) is 3.43. The van der Waals surface area contributed by atoms with Gasteiger partial charge in [-0.15, -0.1) is 0 Å². The molecule has 92 valence electrons. The maximum absolute atomic E-state index is 13.1. The number of nitrogens with one attached hydrogen (secondary N) is 1. The van der Waals surface area contributed by atoms with E-state index in [-0.39, 0.29) is 11.7 Å². The molecular formula is C13H16FNO2. The molecule has 2 N–H and O–H groups in total. The van der Waals surface area contributed by atoms with Gasteiger partial charge >= 0.3 is 5.97 Å². The number of hydrogen-bond donors (Lipinski definition) is 2. The van der Waals surface area contributed by atoms with E-state index >= 15 is 0 Å². The fourth-order valence-electron chi connectivity index (χ4n) is 1.94. The van der Waals surface area contributed by atoms with Crippen LogP contribution in [0.2, 0.25) is 0 Å². The third-order valence-corrected chi connectivity index (χ3v) is 3.18. The Labute approximate surface area is 99.7 Å². The van der Waals surface area contributed by atoms with Crippen LogP contribution in [0.25, 0.3) is 0 Å². The summed E-state index contributed by atoms with van der Waals surface area (Å²) in [7, 11) is 0. The molecule has 0 saturated heterocycles. The van der Waals surface area contributed by atoms with Crippen molar-refractivity contribution in [3.05, 3.63) is 35.1 Å². The van der Waals surface area contributed by atoms with Crippen LogP contribution < -0.4 is 5.32 Å². The lowest BCUT2D eigenvalue weighted by atomic mass is 10.1. The van der Waals surface area contributed by atoms with Crippen LogP contribution in [0, 0.1) is 18.7 Å². The molecule has 0 heterocycles. The number of rotatable bonds is 5. The van der Waals surface area contributed by atoms with Gasteiger partial charge in [0.05, 0.1) is 0 Å². The molecule has 2 rings (SSSR count). The molecule has 1 aliphatic carbocycles. The average molecular weight is 237 g/mol. The summed E-state index contributed by atoms with van der Waals surface area (Å²) >= 11 is 0. The van der Waals surface area contributed by atoms with Crippen molar-refractivity contribution in [1.82, 2.24) is 5.32 Å². The van der Waals surface area contributed by atoms with Gasteiger partial charge in [-0.1, -0.05) is 6.07 Å². The molecule has 4 heteroatoms. The molecule has 1 unspecified atom stereocenters. The Morgan fingerprint density at radius 3 is 2.88 bits per heavy atom. The van der Waals surface area contributed by atoms with Gasteiger partial charge in [0.25, 0.3) is 0 Å². The summed E-state index contributed by atoms with van der Waals surface area (Å²) in [6.45, 7) is 2.29. The lowest BCUT2D eigenvalue weighted by molar-refractivity contribution is -0.140. The van der Waals surface area contributed by atoms with Crippen molar-refractivity contribution in [2.45, 2.75) is 32.4 Å². The summed E-state index contributed by atoms with van der Waals surface area (Å²) in [6.07, 6.45) is 1.93. The van der Waals surface area contributed by atoms with Crippen molar-refractivity contribution in [3.63, 3.8) is 0 Å². The molecule has 0 aliphatic heterocycles. The zero-order valence-electron chi connectivity index (χ0n) is 9.74. The Morgan fingerprint density at radius 1 is 1.59 bits per heavy atom. The molecule has 0 aromatic heterocycles. The minimum atomic E-state index is -0.818. The number of carboxylic acids is 1. The summed E-state index contributed by atoms with van der Waals surface area (Å²) in [5.74, 6) is -0.867. The Morgan fingerprint density at radius 2 is 2.29 bits per heavy atom. The van der Waals surface area contributed by atoms with E-state index in [2.05, 4.69) is 5.32 Å². The highest BCUT2D eigenvalue weighted by Crippen LogP contribution is 2.32. The van der Waals surface area contributed by atoms with Crippen LogP contribution in [-0.2, 0) is 11.3 Å². The first-order chi connectivity index (χ1) is 8.08. The monoisotopic (exact) mass is 237 g/mol. The highest BCUT2D eigenvalue weighted by molar-refractivity contribution is 5.74. The Hall–Kier alpha value is -1.42. The predicted octanol–water partition coefficient (Wildman–Crippen LogP) is 2.09. The van der Waals surface area contributed by atoms with Gasteiger partial charge < -0.3 is 10.4 Å². The van der Waals surface area contributed by atoms with Crippen molar-refractivity contribution < 1.29 is 14.3 Å². The van der Waals surface area contributed by atoms with E-state index in [1.165, 1.54) is 12.1 Å². The average Bonchev–Trinajstić information content (AvgIpc) is 3.07. The zero-order chi connectivity index (χ0) is 12.4. The number of carbonyl (C=O) groups is 1. The second-order valence-corrected chi connectivity index (χ2v) is 4.61. The first-order valence-corrected chi connectivity index (χ1v) is 5.79. The maximum Gasteiger partial charge on any atom is 0.320 e. The Bertz CT molecular complexity index is 429. The molecule has 0 amide bonds. The van der Waals surface area contributed by atoms with E-state index in [4.69, 9.17) is 5.11 Å². The second-order valence-electron chi connectivity index (χ2n) is 4.61. The van der Waals surface area contributed by atoms with E-state index in [0.29, 0.717) is 6.54 Å². The highest BCUT2D eigenvalue weighted by atomic mass is 19.1. The summed E-state index contributed by atoms with van der Waals surface area (Å²) in [6, 6.07) is 4.07. The van der Waals surface area contributed by atoms with Crippen molar-refractivity contribution in [1.29, 1.82) is 0 Å². The highest BCUT2D eigenvalue weighted by Gasteiger charge is 2.35.